The van der Waals surface area contributed by atoms with Gasteiger partial charge in [0.25, 0.3) is 0 Å². The van der Waals surface area contributed by atoms with E-state index in [-0.39, 0.29) is 0 Å². The van der Waals surface area contributed by atoms with Gasteiger partial charge in [0, 0.05) is 16.5 Å². The van der Waals surface area contributed by atoms with Crippen LogP contribution in [-0.4, -0.2) is 29.3 Å². The van der Waals surface area contributed by atoms with E-state index in [0.29, 0.717) is 17.0 Å². The Morgan fingerprint density at radius 3 is 2.10 bits per heavy atom. The molecule has 1 saturated carbocycles. The van der Waals surface area contributed by atoms with E-state index < -0.39 is 12.1 Å². The van der Waals surface area contributed by atoms with Crippen LogP contribution in [0.1, 0.15) is 56.8 Å². The molecule has 0 aromatic heterocycles. The first-order valence-electron chi connectivity index (χ1n) is 10.2. The van der Waals surface area contributed by atoms with Crippen molar-refractivity contribution in [3.8, 4) is 0 Å². The molecule has 1 unspecified atom stereocenters. The van der Waals surface area contributed by atoms with Gasteiger partial charge in [-0.25, -0.2) is 4.79 Å². The molecule has 0 aliphatic heterocycles. The molecule has 0 heterocycles. The van der Waals surface area contributed by atoms with E-state index in [1.165, 1.54) is 31.2 Å². The summed E-state index contributed by atoms with van der Waals surface area (Å²) in [6, 6.07) is 17.3. The quantitative estimate of drug-likeness (QED) is 0.579. The Kier molecular flexibility index (Phi) is 8.69. The van der Waals surface area contributed by atoms with Crippen LogP contribution in [0.4, 0.5) is 0 Å². The number of nitrogens with one attached hydrogen (secondary N) is 1. The van der Waals surface area contributed by atoms with Gasteiger partial charge in [0.2, 0.25) is 0 Å². The Labute approximate surface area is 178 Å². The van der Waals surface area contributed by atoms with Gasteiger partial charge in [-0.3, -0.25) is 0 Å². The number of halogens is 1. The molecule has 1 aliphatic rings. The summed E-state index contributed by atoms with van der Waals surface area (Å²) in [7, 11) is 2.10. The van der Waals surface area contributed by atoms with Gasteiger partial charge in [0.15, 0.2) is 6.10 Å². The molecule has 158 valence electrons. The zero-order chi connectivity index (χ0) is 21.4. The lowest BCUT2D eigenvalue weighted by Gasteiger charge is -2.49. The summed E-state index contributed by atoms with van der Waals surface area (Å²) >= 11 is 6.01. The van der Waals surface area contributed by atoms with Crippen molar-refractivity contribution in [2.45, 2.75) is 57.1 Å². The molecule has 0 saturated heterocycles. The number of aliphatic hydroxyl groups is 1. The maximum atomic E-state index is 10.2. The number of likely N-dealkylation sites (N-methyl/N-ethyl adjacent to an activating group) is 1. The molecule has 2 aromatic rings. The first-order valence-corrected chi connectivity index (χ1v) is 10.6. The number of rotatable bonds is 7. The monoisotopic (exact) mass is 417 g/mol. The smallest absolute Gasteiger partial charge is 0.337 e. The number of hydrogen-bond acceptors (Lipinski definition) is 3. The predicted octanol–water partition coefficient (Wildman–Crippen LogP) is 5.20. The van der Waals surface area contributed by atoms with Crippen molar-refractivity contribution in [3.05, 3.63) is 70.7 Å². The molecule has 1 fully saturated rings. The normalized spacial score (nSPS) is 16.9. The van der Waals surface area contributed by atoms with Crippen LogP contribution in [0.3, 0.4) is 0 Å². The zero-order valence-electron chi connectivity index (χ0n) is 17.4. The summed E-state index contributed by atoms with van der Waals surface area (Å²) in [6.07, 6.45) is 3.77. The molecule has 2 atom stereocenters. The highest BCUT2D eigenvalue weighted by molar-refractivity contribution is 6.30. The van der Waals surface area contributed by atoms with Crippen molar-refractivity contribution in [2.75, 3.05) is 7.05 Å². The molecule has 4 nitrogen and oxygen atoms in total. The third-order valence-electron chi connectivity index (χ3n) is 5.74. The van der Waals surface area contributed by atoms with Crippen molar-refractivity contribution in [3.63, 3.8) is 0 Å². The van der Waals surface area contributed by atoms with Gasteiger partial charge in [-0.1, -0.05) is 74.3 Å². The highest BCUT2D eigenvalue weighted by Gasteiger charge is 2.44. The van der Waals surface area contributed by atoms with Gasteiger partial charge in [-0.05, 0) is 55.5 Å². The fraction of sp³-hybridized carbons (Fsp3) is 0.458. The van der Waals surface area contributed by atoms with Crippen molar-refractivity contribution in [2.24, 2.45) is 5.92 Å². The van der Waals surface area contributed by atoms with Crippen LogP contribution in [0, 0.1) is 5.92 Å². The minimum atomic E-state index is -1.41. The van der Waals surface area contributed by atoms with E-state index in [4.69, 9.17) is 21.8 Å². The fourth-order valence-electron chi connectivity index (χ4n) is 4.05. The molecule has 5 heteroatoms. The van der Waals surface area contributed by atoms with Crippen molar-refractivity contribution in [1.29, 1.82) is 0 Å². The zero-order valence-corrected chi connectivity index (χ0v) is 18.2. The first-order chi connectivity index (χ1) is 13.8. The SMILES string of the molecule is CN[C@@H](CC(C)C)C1(c2ccc(Cl)cc2)CCC1.O=C(O)C(O)c1ccccc1. The second-order valence-electron chi connectivity index (χ2n) is 8.14. The van der Waals surface area contributed by atoms with Gasteiger partial charge in [0.05, 0.1) is 0 Å². The van der Waals surface area contributed by atoms with Crippen molar-refractivity contribution >= 4 is 17.6 Å². The third-order valence-corrected chi connectivity index (χ3v) is 5.99. The summed E-state index contributed by atoms with van der Waals surface area (Å²) in [5.41, 5.74) is 2.20. The van der Waals surface area contributed by atoms with Crippen LogP contribution in [0.5, 0.6) is 0 Å². The molecule has 0 bridgehead atoms. The van der Waals surface area contributed by atoms with Crippen molar-refractivity contribution < 1.29 is 15.0 Å². The standard InChI is InChI=1S/C16H24ClN.C8H8O3/c1-12(2)11-15(18-3)16(9-4-10-16)13-5-7-14(17)8-6-13;9-7(8(10)11)6-4-2-1-3-5-6/h5-8,12,15,18H,4,9-11H2,1-3H3;1-5,7,9H,(H,10,11)/t15-;/m0./s1. The lowest BCUT2D eigenvalue weighted by atomic mass is 9.59. The molecule has 3 rings (SSSR count). The number of aliphatic hydroxyl groups excluding tert-OH is 1. The van der Waals surface area contributed by atoms with Gasteiger partial charge in [-0.2, -0.15) is 0 Å². The third kappa shape index (κ3) is 6.05. The second kappa shape index (κ2) is 10.8. The number of carboxylic acids is 1. The summed E-state index contributed by atoms with van der Waals surface area (Å²) < 4.78 is 0. The predicted molar refractivity (Wildman–Crippen MR) is 118 cm³/mol. The van der Waals surface area contributed by atoms with E-state index in [2.05, 4.69) is 38.3 Å². The molecule has 2 aromatic carbocycles. The number of carboxylic acid groups (broad SMARTS) is 1. The minimum absolute atomic E-state index is 0.337. The van der Waals surface area contributed by atoms with Crippen LogP contribution in [0.15, 0.2) is 54.6 Å². The summed E-state index contributed by atoms with van der Waals surface area (Å²) in [4.78, 5) is 10.2. The van der Waals surface area contributed by atoms with E-state index in [1.807, 2.05) is 12.1 Å². The molecule has 3 N–H and O–H groups in total. The molecular weight excluding hydrogens is 386 g/mol. The van der Waals surface area contributed by atoms with Gasteiger partial charge in [-0.15, -0.1) is 0 Å². The van der Waals surface area contributed by atoms with Crippen molar-refractivity contribution in [1.82, 2.24) is 5.32 Å². The largest absolute Gasteiger partial charge is 0.479 e. The van der Waals surface area contributed by atoms with Gasteiger partial charge >= 0.3 is 5.97 Å². The first kappa shape index (κ1) is 23.4. The van der Waals surface area contributed by atoms with Crippen LogP contribution < -0.4 is 5.32 Å². The number of carbonyl (C=O) groups is 1. The number of aliphatic carboxylic acids is 1. The summed E-state index contributed by atoms with van der Waals surface area (Å²) in [5.74, 6) is -0.497. The Balaban J connectivity index is 0.000000234. The lowest BCUT2D eigenvalue weighted by molar-refractivity contribution is -0.146. The van der Waals surface area contributed by atoms with E-state index >= 15 is 0 Å². The van der Waals surface area contributed by atoms with Crippen LogP contribution in [0.2, 0.25) is 5.02 Å². The van der Waals surface area contributed by atoms with E-state index in [1.54, 1.807) is 30.3 Å². The molecule has 0 spiro atoms. The second-order valence-corrected chi connectivity index (χ2v) is 8.58. The average Bonchev–Trinajstić information content (AvgIpc) is 2.68. The summed E-state index contributed by atoms with van der Waals surface area (Å²) in [6.45, 7) is 4.61. The van der Waals surface area contributed by atoms with E-state index in [9.17, 15) is 4.79 Å². The highest BCUT2D eigenvalue weighted by Crippen LogP contribution is 2.48. The molecule has 29 heavy (non-hydrogen) atoms. The number of benzene rings is 2. The van der Waals surface area contributed by atoms with Crippen LogP contribution >= 0.6 is 11.6 Å². The molecule has 0 radical (unpaired) electrons. The fourth-order valence-corrected chi connectivity index (χ4v) is 4.17. The molecular formula is C24H32ClNO3. The Morgan fingerprint density at radius 1 is 1.10 bits per heavy atom. The molecule has 1 aliphatic carbocycles. The van der Waals surface area contributed by atoms with Crippen LogP contribution in [0.25, 0.3) is 0 Å². The van der Waals surface area contributed by atoms with Gasteiger partial charge < -0.3 is 15.5 Å². The Hall–Kier alpha value is -1.88. The maximum Gasteiger partial charge on any atom is 0.337 e. The Morgan fingerprint density at radius 2 is 1.69 bits per heavy atom. The lowest BCUT2D eigenvalue weighted by Crippen LogP contribution is -2.52. The number of hydrogen-bond donors (Lipinski definition) is 3. The average molecular weight is 418 g/mol. The maximum absolute atomic E-state index is 10.2. The summed E-state index contributed by atoms with van der Waals surface area (Å²) in [5, 5.41) is 21.8. The highest BCUT2D eigenvalue weighted by atomic mass is 35.5. The Bertz CT molecular complexity index is 757. The minimum Gasteiger partial charge on any atom is -0.479 e. The van der Waals surface area contributed by atoms with Crippen LogP contribution in [-0.2, 0) is 10.2 Å². The van der Waals surface area contributed by atoms with E-state index in [0.717, 1.165) is 10.9 Å². The van der Waals surface area contributed by atoms with Gasteiger partial charge in [0.1, 0.15) is 0 Å². The topological polar surface area (TPSA) is 69.6 Å². The molecule has 0 amide bonds.